The van der Waals surface area contributed by atoms with Crippen molar-refractivity contribution in [3.8, 4) is 11.3 Å². The van der Waals surface area contributed by atoms with Gasteiger partial charge in [0.25, 0.3) is 5.91 Å². The van der Waals surface area contributed by atoms with Gasteiger partial charge >= 0.3 is 0 Å². The Bertz CT molecular complexity index is 874. The Morgan fingerprint density at radius 2 is 1.88 bits per heavy atom. The summed E-state index contributed by atoms with van der Waals surface area (Å²) in [7, 11) is 0. The molecule has 1 amide bonds. The monoisotopic (exact) mass is 405 g/mol. The molecule has 24 heavy (non-hydrogen) atoms. The minimum atomic E-state index is -0.253. The van der Waals surface area contributed by atoms with Crippen LogP contribution in [0.1, 0.15) is 16.1 Å². The summed E-state index contributed by atoms with van der Waals surface area (Å²) in [5.74, 6) is 0.812. The summed E-state index contributed by atoms with van der Waals surface area (Å²) in [6.45, 7) is -0.166. The van der Waals surface area contributed by atoms with E-state index in [1.165, 1.54) is 0 Å². The maximum Gasteiger partial charge on any atom is 0.255 e. The van der Waals surface area contributed by atoms with Gasteiger partial charge in [-0.1, -0.05) is 27.5 Å². The molecule has 0 aliphatic rings. The summed E-state index contributed by atoms with van der Waals surface area (Å²) >= 11 is 9.52. The van der Waals surface area contributed by atoms with Gasteiger partial charge in [0.2, 0.25) is 0 Å². The minimum absolute atomic E-state index is 0.166. The second kappa shape index (κ2) is 7.21. The smallest absolute Gasteiger partial charge is 0.255 e. The lowest BCUT2D eigenvalue weighted by molar-refractivity contribution is 0.102. The maximum atomic E-state index is 12.3. The first-order chi connectivity index (χ1) is 11.6. The maximum absolute atomic E-state index is 12.3. The van der Waals surface area contributed by atoms with Gasteiger partial charge in [-0.25, -0.2) is 0 Å². The van der Waals surface area contributed by atoms with Crippen molar-refractivity contribution in [1.82, 2.24) is 0 Å². The van der Waals surface area contributed by atoms with Crippen LogP contribution in [0.3, 0.4) is 0 Å². The number of aliphatic hydroxyl groups is 1. The molecule has 4 nitrogen and oxygen atoms in total. The SMILES string of the molecule is O=C(Nc1cc(-c2ccc(CO)o2)ccc1Cl)c1ccc(Br)cc1. The van der Waals surface area contributed by atoms with Crippen LogP contribution in [0.15, 0.2) is 63.5 Å². The Morgan fingerprint density at radius 3 is 2.54 bits per heavy atom. The average Bonchev–Trinajstić information content (AvgIpc) is 3.06. The van der Waals surface area contributed by atoms with Gasteiger partial charge in [0, 0.05) is 15.6 Å². The Labute approximate surface area is 152 Å². The summed E-state index contributed by atoms with van der Waals surface area (Å²) in [6.07, 6.45) is 0. The highest BCUT2D eigenvalue weighted by molar-refractivity contribution is 9.10. The Balaban J connectivity index is 1.86. The molecule has 0 spiro atoms. The van der Waals surface area contributed by atoms with Gasteiger partial charge in [-0.3, -0.25) is 4.79 Å². The lowest BCUT2D eigenvalue weighted by Crippen LogP contribution is -2.12. The van der Waals surface area contributed by atoms with E-state index in [0.29, 0.717) is 27.8 Å². The predicted molar refractivity (Wildman–Crippen MR) is 97.2 cm³/mol. The number of benzene rings is 2. The van der Waals surface area contributed by atoms with E-state index in [2.05, 4.69) is 21.2 Å². The van der Waals surface area contributed by atoms with Crippen LogP contribution < -0.4 is 5.32 Å². The molecule has 3 aromatic rings. The Kier molecular flexibility index (Phi) is 5.04. The number of nitrogens with one attached hydrogen (secondary N) is 1. The molecule has 2 aromatic carbocycles. The van der Waals surface area contributed by atoms with E-state index in [9.17, 15) is 4.79 Å². The van der Waals surface area contributed by atoms with Crippen LogP contribution in [0.25, 0.3) is 11.3 Å². The fraction of sp³-hybridized carbons (Fsp3) is 0.0556. The zero-order chi connectivity index (χ0) is 17.1. The topological polar surface area (TPSA) is 62.5 Å². The fourth-order valence-electron chi connectivity index (χ4n) is 2.19. The van der Waals surface area contributed by atoms with Crippen LogP contribution in [-0.4, -0.2) is 11.0 Å². The molecule has 1 aromatic heterocycles. The van der Waals surface area contributed by atoms with Gasteiger partial charge in [-0.05, 0) is 54.6 Å². The molecule has 122 valence electrons. The van der Waals surface area contributed by atoms with Crippen LogP contribution in [0.2, 0.25) is 5.02 Å². The number of anilines is 1. The first-order valence-electron chi connectivity index (χ1n) is 7.13. The molecule has 3 rings (SSSR count). The van der Waals surface area contributed by atoms with Crippen molar-refractivity contribution < 1.29 is 14.3 Å². The third kappa shape index (κ3) is 3.70. The van der Waals surface area contributed by atoms with E-state index in [4.69, 9.17) is 21.1 Å². The highest BCUT2D eigenvalue weighted by Gasteiger charge is 2.11. The summed E-state index contributed by atoms with van der Waals surface area (Å²) in [4.78, 5) is 12.3. The average molecular weight is 407 g/mol. The predicted octanol–water partition coefficient (Wildman–Crippen LogP) is 5.11. The lowest BCUT2D eigenvalue weighted by atomic mass is 10.1. The number of carbonyl (C=O) groups excluding carboxylic acids is 1. The van der Waals surface area contributed by atoms with Gasteiger partial charge in [-0.15, -0.1) is 0 Å². The number of amides is 1. The molecule has 0 saturated heterocycles. The van der Waals surface area contributed by atoms with Crippen molar-refractivity contribution in [3.63, 3.8) is 0 Å². The van der Waals surface area contributed by atoms with Gasteiger partial charge in [0.05, 0.1) is 10.7 Å². The van der Waals surface area contributed by atoms with Crippen LogP contribution in [0.5, 0.6) is 0 Å². The molecule has 0 atom stereocenters. The molecule has 0 unspecified atom stereocenters. The molecular weight excluding hydrogens is 394 g/mol. The Morgan fingerprint density at radius 1 is 1.12 bits per heavy atom. The number of rotatable bonds is 4. The molecule has 0 fully saturated rings. The summed E-state index contributed by atoms with van der Waals surface area (Å²) in [5.41, 5.74) is 1.77. The molecule has 0 saturated carbocycles. The number of halogens is 2. The zero-order valence-electron chi connectivity index (χ0n) is 12.4. The van der Waals surface area contributed by atoms with Gasteiger partial charge < -0.3 is 14.8 Å². The van der Waals surface area contributed by atoms with E-state index in [0.717, 1.165) is 10.0 Å². The van der Waals surface area contributed by atoms with Gasteiger partial charge in [0.15, 0.2) is 0 Å². The molecule has 0 radical (unpaired) electrons. The van der Waals surface area contributed by atoms with E-state index < -0.39 is 0 Å². The third-order valence-electron chi connectivity index (χ3n) is 3.42. The molecule has 0 aliphatic heterocycles. The van der Waals surface area contributed by atoms with Crippen molar-refractivity contribution in [1.29, 1.82) is 0 Å². The first kappa shape index (κ1) is 16.8. The van der Waals surface area contributed by atoms with Crippen molar-refractivity contribution in [2.45, 2.75) is 6.61 Å². The minimum Gasteiger partial charge on any atom is -0.459 e. The number of hydrogen-bond donors (Lipinski definition) is 2. The normalized spacial score (nSPS) is 10.6. The number of furan rings is 1. The molecule has 0 aliphatic carbocycles. The van der Waals surface area contributed by atoms with E-state index in [1.54, 1.807) is 54.6 Å². The van der Waals surface area contributed by atoms with Crippen LogP contribution >= 0.6 is 27.5 Å². The molecule has 0 bridgehead atoms. The quantitative estimate of drug-likeness (QED) is 0.633. The van der Waals surface area contributed by atoms with Crippen molar-refractivity contribution in [3.05, 3.63) is 75.4 Å². The van der Waals surface area contributed by atoms with Crippen LogP contribution in [-0.2, 0) is 6.61 Å². The lowest BCUT2D eigenvalue weighted by Gasteiger charge is -2.09. The van der Waals surface area contributed by atoms with E-state index in [1.807, 2.05) is 0 Å². The van der Waals surface area contributed by atoms with Crippen LogP contribution in [0, 0.1) is 0 Å². The summed E-state index contributed by atoms with van der Waals surface area (Å²) < 4.78 is 6.41. The summed E-state index contributed by atoms with van der Waals surface area (Å²) in [5, 5.41) is 12.3. The molecule has 1 heterocycles. The van der Waals surface area contributed by atoms with Crippen molar-refractivity contribution in [2.75, 3.05) is 5.32 Å². The number of aliphatic hydroxyl groups excluding tert-OH is 1. The second-order valence-corrected chi connectivity index (χ2v) is 6.40. The van der Waals surface area contributed by atoms with Gasteiger partial charge in [0.1, 0.15) is 18.1 Å². The Hall–Kier alpha value is -2.08. The second-order valence-electron chi connectivity index (χ2n) is 5.08. The number of carbonyl (C=O) groups is 1. The fourth-order valence-corrected chi connectivity index (χ4v) is 2.62. The summed E-state index contributed by atoms with van der Waals surface area (Å²) in [6, 6.07) is 15.7. The molecular formula is C18H13BrClNO3. The standard InChI is InChI=1S/C18H13BrClNO3/c19-13-4-1-11(2-5-13)18(23)21-16-9-12(3-7-15(16)20)17-8-6-14(10-22)24-17/h1-9,22H,10H2,(H,21,23). The molecule has 6 heteroatoms. The molecule has 2 N–H and O–H groups in total. The number of hydrogen-bond acceptors (Lipinski definition) is 3. The van der Waals surface area contributed by atoms with Crippen molar-refractivity contribution >= 4 is 39.1 Å². The van der Waals surface area contributed by atoms with Crippen LogP contribution in [0.4, 0.5) is 5.69 Å². The highest BCUT2D eigenvalue weighted by atomic mass is 79.9. The van der Waals surface area contributed by atoms with Gasteiger partial charge in [-0.2, -0.15) is 0 Å². The van der Waals surface area contributed by atoms with E-state index >= 15 is 0 Å². The zero-order valence-corrected chi connectivity index (χ0v) is 14.8. The largest absolute Gasteiger partial charge is 0.459 e. The first-order valence-corrected chi connectivity index (χ1v) is 8.30. The van der Waals surface area contributed by atoms with E-state index in [-0.39, 0.29) is 12.5 Å². The van der Waals surface area contributed by atoms with Crippen molar-refractivity contribution in [2.24, 2.45) is 0 Å². The third-order valence-corrected chi connectivity index (χ3v) is 4.28. The highest BCUT2D eigenvalue weighted by Crippen LogP contribution is 2.30.